The van der Waals surface area contributed by atoms with Gasteiger partial charge in [0.25, 0.3) is 6.47 Å². The zero-order valence-electron chi connectivity index (χ0n) is 9.99. The highest BCUT2D eigenvalue weighted by atomic mass is 28.3. The Morgan fingerprint density at radius 1 is 1.00 bits per heavy atom. The van der Waals surface area contributed by atoms with Crippen molar-refractivity contribution in [2.75, 3.05) is 6.61 Å². The molecule has 0 amide bonds. The Balaban J connectivity index is 4.33. The van der Waals surface area contributed by atoms with Crippen LogP contribution in [-0.2, 0) is 9.53 Å². The van der Waals surface area contributed by atoms with Crippen LogP contribution in [0.25, 0.3) is 0 Å². The molecule has 0 aromatic carbocycles. The van der Waals surface area contributed by atoms with Gasteiger partial charge >= 0.3 is 0 Å². The molecule has 0 spiro atoms. The standard InChI is InChI=1S/C13H22O2Si/c1-4-9-16(10-5-2,11-6-3)12-7-8-15-13-14/h4-6,13H,1-3,7-12H2. The number of ether oxygens (including phenoxy) is 1. The highest BCUT2D eigenvalue weighted by Gasteiger charge is 2.27. The van der Waals surface area contributed by atoms with Gasteiger partial charge in [0.2, 0.25) is 0 Å². The molecule has 2 nitrogen and oxygen atoms in total. The van der Waals surface area contributed by atoms with Crippen LogP contribution in [0.2, 0.25) is 24.2 Å². The summed E-state index contributed by atoms with van der Waals surface area (Å²) in [6.45, 7) is 12.5. The summed E-state index contributed by atoms with van der Waals surface area (Å²) in [5.41, 5.74) is 0. The van der Waals surface area contributed by atoms with E-state index in [1.165, 1.54) is 0 Å². The number of carbonyl (C=O) groups excluding carboxylic acids is 1. The van der Waals surface area contributed by atoms with Crippen LogP contribution in [0.5, 0.6) is 0 Å². The fourth-order valence-corrected chi connectivity index (χ4v) is 5.90. The Morgan fingerprint density at radius 3 is 1.88 bits per heavy atom. The molecular formula is C13H22O2Si. The zero-order valence-corrected chi connectivity index (χ0v) is 11.0. The van der Waals surface area contributed by atoms with E-state index in [0.29, 0.717) is 13.1 Å². The molecule has 0 bridgehead atoms. The smallest absolute Gasteiger partial charge is 0.293 e. The molecule has 0 aliphatic carbocycles. The number of carbonyl (C=O) groups is 1. The third-order valence-corrected chi connectivity index (χ3v) is 7.65. The van der Waals surface area contributed by atoms with Crippen LogP contribution in [0, 0.1) is 0 Å². The molecule has 90 valence electrons. The Kier molecular flexibility index (Phi) is 8.53. The fourth-order valence-electron chi connectivity index (χ4n) is 2.05. The third kappa shape index (κ3) is 5.71. The Hall–Kier alpha value is -1.09. The van der Waals surface area contributed by atoms with Gasteiger partial charge in [-0.2, -0.15) is 0 Å². The molecule has 0 aromatic rings. The van der Waals surface area contributed by atoms with Gasteiger partial charge in [0, 0.05) is 0 Å². The third-order valence-electron chi connectivity index (χ3n) is 2.77. The van der Waals surface area contributed by atoms with E-state index in [4.69, 9.17) is 4.74 Å². The lowest BCUT2D eigenvalue weighted by Crippen LogP contribution is -2.32. The lowest BCUT2D eigenvalue weighted by molar-refractivity contribution is -0.128. The molecule has 0 fully saturated rings. The summed E-state index contributed by atoms with van der Waals surface area (Å²) in [5, 5.41) is 0. The Morgan fingerprint density at radius 2 is 1.50 bits per heavy atom. The van der Waals surface area contributed by atoms with Crippen molar-refractivity contribution in [2.45, 2.75) is 30.6 Å². The molecule has 0 aromatic heterocycles. The van der Waals surface area contributed by atoms with Gasteiger partial charge in [0.05, 0.1) is 14.7 Å². The maximum atomic E-state index is 10.0. The van der Waals surface area contributed by atoms with Crippen molar-refractivity contribution in [3.8, 4) is 0 Å². The molecule has 3 heteroatoms. The van der Waals surface area contributed by atoms with E-state index < -0.39 is 8.07 Å². The molecule has 0 radical (unpaired) electrons. The van der Waals surface area contributed by atoms with E-state index >= 15 is 0 Å². The molecule has 0 aliphatic rings. The van der Waals surface area contributed by atoms with Crippen LogP contribution in [-0.4, -0.2) is 21.2 Å². The van der Waals surface area contributed by atoms with Crippen molar-refractivity contribution in [2.24, 2.45) is 0 Å². The quantitative estimate of drug-likeness (QED) is 0.238. The first-order valence-corrected chi connectivity index (χ1v) is 8.45. The van der Waals surface area contributed by atoms with Crippen LogP contribution in [0.1, 0.15) is 6.42 Å². The van der Waals surface area contributed by atoms with Crippen LogP contribution < -0.4 is 0 Å². The van der Waals surface area contributed by atoms with E-state index in [2.05, 4.69) is 19.7 Å². The summed E-state index contributed by atoms with van der Waals surface area (Å²) in [6.07, 6.45) is 6.93. The van der Waals surface area contributed by atoms with Gasteiger partial charge in [-0.05, 0) is 24.6 Å². The van der Waals surface area contributed by atoms with Gasteiger partial charge in [-0.25, -0.2) is 0 Å². The highest BCUT2D eigenvalue weighted by Crippen LogP contribution is 2.28. The van der Waals surface area contributed by atoms with Crippen LogP contribution in [0.15, 0.2) is 38.0 Å². The summed E-state index contributed by atoms with van der Waals surface area (Å²) in [7, 11) is -1.40. The van der Waals surface area contributed by atoms with Gasteiger partial charge in [-0.15, -0.1) is 19.7 Å². The van der Waals surface area contributed by atoms with Gasteiger partial charge in [-0.1, -0.05) is 24.3 Å². The van der Waals surface area contributed by atoms with Crippen LogP contribution in [0.4, 0.5) is 0 Å². The number of allylic oxidation sites excluding steroid dienone is 3. The molecule has 0 aliphatic heterocycles. The minimum Gasteiger partial charge on any atom is -0.468 e. The van der Waals surface area contributed by atoms with Crippen molar-refractivity contribution in [1.29, 1.82) is 0 Å². The monoisotopic (exact) mass is 238 g/mol. The first kappa shape index (κ1) is 14.9. The number of hydrogen-bond acceptors (Lipinski definition) is 2. The van der Waals surface area contributed by atoms with Gasteiger partial charge < -0.3 is 4.74 Å². The second-order valence-corrected chi connectivity index (χ2v) is 8.77. The normalized spacial score (nSPS) is 10.5. The zero-order chi connectivity index (χ0) is 12.3. The minimum absolute atomic E-state index is 0.512. The molecular weight excluding hydrogens is 216 g/mol. The number of rotatable bonds is 11. The summed E-state index contributed by atoms with van der Waals surface area (Å²) >= 11 is 0. The molecule has 0 saturated carbocycles. The SMILES string of the molecule is C=CC[Si](CC=C)(CC=C)CCCOC=O. The first-order chi connectivity index (χ1) is 7.74. The van der Waals surface area contributed by atoms with Crippen molar-refractivity contribution in [3.05, 3.63) is 38.0 Å². The topological polar surface area (TPSA) is 26.3 Å². The van der Waals surface area contributed by atoms with Gasteiger partial charge in [0.15, 0.2) is 0 Å². The summed E-state index contributed by atoms with van der Waals surface area (Å²) in [5.74, 6) is 0. The van der Waals surface area contributed by atoms with E-state index in [-0.39, 0.29) is 0 Å². The van der Waals surface area contributed by atoms with Crippen molar-refractivity contribution in [3.63, 3.8) is 0 Å². The van der Waals surface area contributed by atoms with E-state index in [1.807, 2.05) is 18.2 Å². The average Bonchev–Trinajstić information content (AvgIpc) is 2.26. The average molecular weight is 238 g/mol. The second-order valence-electron chi connectivity index (χ2n) is 4.05. The Labute approximate surface area is 99.7 Å². The van der Waals surface area contributed by atoms with Crippen molar-refractivity contribution >= 4 is 14.5 Å². The summed E-state index contributed by atoms with van der Waals surface area (Å²) < 4.78 is 4.73. The maximum Gasteiger partial charge on any atom is 0.293 e. The predicted octanol–water partition coefficient (Wildman–Crippen LogP) is 3.56. The van der Waals surface area contributed by atoms with Crippen LogP contribution in [0.3, 0.4) is 0 Å². The van der Waals surface area contributed by atoms with E-state index in [1.54, 1.807) is 0 Å². The lowest BCUT2D eigenvalue weighted by Gasteiger charge is -2.28. The second kappa shape index (κ2) is 9.16. The van der Waals surface area contributed by atoms with Gasteiger partial charge in [0.1, 0.15) is 0 Å². The lowest BCUT2D eigenvalue weighted by atomic mass is 10.5. The molecule has 0 atom stereocenters. The first-order valence-electron chi connectivity index (χ1n) is 5.62. The highest BCUT2D eigenvalue weighted by molar-refractivity contribution is 6.81. The van der Waals surface area contributed by atoms with Crippen LogP contribution >= 0.6 is 0 Å². The molecule has 0 unspecified atom stereocenters. The van der Waals surface area contributed by atoms with Gasteiger partial charge in [-0.3, -0.25) is 4.79 Å². The van der Waals surface area contributed by atoms with Crippen molar-refractivity contribution in [1.82, 2.24) is 0 Å². The van der Waals surface area contributed by atoms with E-state index in [9.17, 15) is 4.79 Å². The summed E-state index contributed by atoms with van der Waals surface area (Å²) in [6, 6.07) is 4.36. The predicted molar refractivity (Wildman–Crippen MR) is 72.2 cm³/mol. The molecule has 0 rings (SSSR count). The van der Waals surface area contributed by atoms with Crippen molar-refractivity contribution < 1.29 is 9.53 Å². The fraction of sp³-hybridized carbons (Fsp3) is 0.462. The molecule has 0 saturated heterocycles. The largest absolute Gasteiger partial charge is 0.468 e. The minimum atomic E-state index is -1.40. The molecule has 0 N–H and O–H groups in total. The summed E-state index contributed by atoms with van der Waals surface area (Å²) in [4.78, 5) is 10.0. The van der Waals surface area contributed by atoms with E-state index in [0.717, 1.165) is 30.6 Å². The number of hydrogen-bond donors (Lipinski definition) is 0. The maximum absolute atomic E-state index is 10.0. The molecule has 0 heterocycles. The Bertz CT molecular complexity index is 210. The molecule has 16 heavy (non-hydrogen) atoms.